The molecule has 0 bridgehead atoms. The fourth-order valence-corrected chi connectivity index (χ4v) is 3.18. The lowest BCUT2D eigenvalue weighted by Gasteiger charge is -2.21. The highest BCUT2D eigenvalue weighted by Crippen LogP contribution is 2.29. The number of benzene rings is 2. The number of carbonyl (C=O) groups excluding carboxylic acids is 1. The molecule has 0 spiro atoms. The van der Waals surface area contributed by atoms with Crippen LogP contribution in [0.15, 0.2) is 59.3 Å². The average Bonchev–Trinajstić information content (AvgIpc) is 3.18. The van der Waals surface area contributed by atoms with Crippen LogP contribution in [0.5, 0.6) is 0 Å². The minimum absolute atomic E-state index is 0.0114. The molecule has 3 rings (SSSR count). The Labute approximate surface area is 160 Å². The Morgan fingerprint density at radius 3 is 2.44 bits per heavy atom. The molecular formula is C22H25N3O2. The maximum Gasteiger partial charge on any atom is 0.241 e. The topological polar surface area (TPSA) is 58.4 Å². The van der Waals surface area contributed by atoms with Crippen molar-refractivity contribution < 1.29 is 9.21 Å². The van der Waals surface area contributed by atoms with Gasteiger partial charge in [-0.2, -0.15) is 0 Å². The van der Waals surface area contributed by atoms with Crippen LogP contribution < -0.4 is 5.32 Å². The van der Waals surface area contributed by atoms with Gasteiger partial charge in [-0.15, -0.1) is 0 Å². The smallest absolute Gasteiger partial charge is 0.241 e. The minimum atomic E-state index is -0.135. The van der Waals surface area contributed by atoms with E-state index in [2.05, 4.69) is 29.4 Å². The molecule has 1 atom stereocenters. The molecule has 2 aromatic carbocycles. The number of rotatable bonds is 6. The van der Waals surface area contributed by atoms with Crippen molar-refractivity contribution in [2.75, 3.05) is 19.4 Å². The predicted octanol–water partition coefficient (Wildman–Crippen LogP) is 4.60. The van der Waals surface area contributed by atoms with Gasteiger partial charge in [-0.05, 0) is 68.4 Å². The molecule has 1 heterocycles. The van der Waals surface area contributed by atoms with Crippen molar-refractivity contribution in [3.05, 3.63) is 60.5 Å². The van der Waals surface area contributed by atoms with Crippen molar-refractivity contribution in [3.63, 3.8) is 0 Å². The maximum atomic E-state index is 12.4. The second kappa shape index (κ2) is 8.18. The number of carbonyl (C=O) groups is 1. The fourth-order valence-electron chi connectivity index (χ4n) is 3.18. The normalized spacial score (nSPS) is 12.2. The molecule has 1 N–H and O–H groups in total. The molecule has 3 aromatic rings. The van der Waals surface area contributed by atoms with E-state index in [1.165, 1.54) is 5.56 Å². The Bertz CT molecular complexity index is 900. The molecule has 1 amide bonds. The van der Waals surface area contributed by atoms with E-state index in [1.807, 2.05) is 56.3 Å². The van der Waals surface area contributed by atoms with E-state index in [-0.39, 0.29) is 11.9 Å². The number of oxazole rings is 1. The van der Waals surface area contributed by atoms with E-state index in [1.54, 1.807) is 12.5 Å². The summed E-state index contributed by atoms with van der Waals surface area (Å²) in [5.74, 6) is 0.617. The number of aryl methyl sites for hydroxylation is 1. The van der Waals surface area contributed by atoms with Gasteiger partial charge in [0.2, 0.25) is 11.8 Å². The molecule has 0 aliphatic rings. The van der Waals surface area contributed by atoms with Gasteiger partial charge in [0, 0.05) is 11.3 Å². The Hall–Kier alpha value is -2.92. The Morgan fingerprint density at radius 1 is 1.15 bits per heavy atom. The highest BCUT2D eigenvalue weighted by molar-refractivity contribution is 5.95. The number of amides is 1. The summed E-state index contributed by atoms with van der Waals surface area (Å²) >= 11 is 0. The third-order valence-corrected chi connectivity index (χ3v) is 4.69. The molecule has 1 unspecified atom stereocenters. The van der Waals surface area contributed by atoms with Crippen LogP contribution in [-0.2, 0) is 4.79 Å². The number of aromatic nitrogens is 1. The van der Waals surface area contributed by atoms with E-state index in [0.717, 1.165) is 28.8 Å². The quantitative estimate of drug-likeness (QED) is 0.695. The molecular weight excluding hydrogens is 338 g/mol. The zero-order chi connectivity index (χ0) is 19.4. The SMILES string of the molecule is CCC(C(=O)Nc1ccc(-c2cc(-c3ncco3)ccc2C)cc1)N(C)C. The Kier molecular flexibility index (Phi) is 5.72. The number of nitrogens with one attached hydrogen (secondary N) is 1. The van der Waals surface area contributed by atoms with Crippen molar-refractivity contribution in [3.8, 4) is 22.6 Å². The summed E-state index contributed by atoms with van der Waals surface area (Å²) in [7, 11) is 3.83. The summed E-state index contributed by atoms with van der Waals surface area (Å²) in [5, 5.41) is 3.00. The lowest BCUT2D eigenvalue weighted by Crippen LogP contribution is -2.39. The number of hydrogen-bond donors (Lipinski definition) is 1. The van der Waals surface area contributed by atoms with Crippen LogP contribution in [-0.4, -0.2) is 35.9 Å². The average molecular weight is 363 g/mol. The summed E-state index contributed by atoms with van der Waals surface area (Å²) in [6.07, 6.45) is 3.98. The third-order valence-electron chi connectivity index (χ3n) is 4.69. The summed E-state index contributed by atoms with van der Waals surface area (Å²) in [6, 6.07) is 13.9. The van der Waals surface area contributed by atoms with E-state index in [4.69, 9.17) is 4.42 Å². The summed E-state index contributed by atoms with van der Waals surface area (Å²) in [4.78, 5) is 18.6. The van der Waals surface area contributed by atoms with Gasteiger partial charge in [-0.25, -0.2) is 4.98 Å². The standard InChI is InChI=1S/C22H25N3O2/c1-5-20(25(3)4)21(26)24-18-10-8-16(9-11-18)19-14-17(7-6-15(19)2)22-23-12-13-27-22/h6-14,20H,5H2,1-4H3,(H,24,26). The maximum absolute atomic E-state index is 12.4. The molecule has 0 aliphatic carbocycles. The van der Waals surface area contributed by atoms with Gasteiger partial charge in [0.05, 0.1) is 12.2 Å². The molecule has 0 fully saturated rings. The van der Waals surface area contributed by atoms with Gasteiger partial charge < -0.3 is 9.73 Å². The van der Waals surface area contributed by atoms with Crippen LogP contribution in [0.1, 0.15) is 18.9 Å². The van der Waals surface area contributed by atoms with Gasteiger partial charge in [0.25, 0.3) is 0 Å². The minimum Gasteiger partial charge on any atom is -0.445 e. The van der Waals surface area contributed by atoms with Crippen molar-refractivity contribution in [2.45, 2.75) is 26.3 Å². The van der Waals surface area contributed by atoms with Gasteiger partial charge in [-0.3, -0.25) is 9.69 Å². The zero-order valence-corrected chi connectivity index (χ0v) is 16.2. The van der Waals surface area contributed by atoms with E-state index in [0.29, 0.717) is 5.89 Å². The lowest BCUT2D eigenvalue weighted by atomic mass is 9.98. The van der Waals surface area contributed by atoms with Crippen molar-refractivity contribution in [1.82, 2.24) is 9.88 Å². The molecule has 0 saturated carbocycles. The van der Waals surface area contributed by atoms with Crippen molar-refractivity contribution in [1.29, 1.82) is 0 Å². The first-order chi connectivity index (χ1) is 13.0. The molecule has 5 nitrogen and oxygen atoms in total. The summed E-state index contributed by atoms with van der Waals surface area (Å²) in [5.41, 5.74) is 5.10. The van der Waals surface area contributed by atoms with Crippen LogP contribution in [0.25, 0.3) is 22.6 Å². The first-order valence-electron chi connectivity index (χ1n) is 9.08. The van der Waals surface area contributed by atoms with Crippen molar-refractivity contribution in [2.24, 2.45) is 0 Å². The molecule has 0 aliphatic heterocycles. The van der Waals surface area contributed by atoms with Crippen LogP contribution in [0.3, 0.4) is 0 Å². The van der Waals surface area contributed by atoms with Crippen LogP contribution in [0, 0.1) is 6.92 Å². The summed E-state index contributed by atoms with van der Waals surface area (Å²) in [6.45, 7) is 4.09. The molecule has 5 heteroatoms. The highest BCUT2D eigenvalue weighted by atomic mass is 16.3. The Morgan fingerprint density at radius 2 is 1.85 bits per heavy atom. The zero-order valence-electron chi connectivity index (χ0n) is 16.2. The summed E-state index contributed by atoms with van der Waals surface area (Å²) < 4.78 is 5.40. The molecule has 0 saturated heterocycles. The molecule has 140 valence electrons. The third kappa shape index (κ3) is 4.26. The first-order valence-corrected chi connectivity index (χ1v) is 9.08. The van der Waals surface area contributed by atoms with E-state index >= 15 is 0 Å². The lowest BCUT2D eigenvalue weighted by molar-refractivity contribution is -0.120. The number of anilines is 1. The van der Waals surface area contributed by atoms with Crippen LogP contribution in [0.4, 0.5) is 5.69 Å². The van der Waals surface area contributed by atoms with Crippen molar-refractivity contribution >= 4 is 11.6 Å². The van der Waals surface area contributed by atoms with Gasteiger partial charge >= 0.3 is 0 Å². The first kappa shape index (κ1) is 18.9. The fraction of sp³-hybridized carbons (Fsp3) is 0.273. The number of likely N-dealkylation sites (N-methyl/N-ethyl adjacent to an activating group) is 1. The van der Waals surface area contributed by atoms with E-state index < -0.39 is 0 Å². The van der Waals surface area contributed by atoms with E-state index in [9.17, 15) is 4.79 Å². The van der Waals surface area contributed by atoms with Crippen LogP contribution in [0.2, 0.25) is 0 Å². The predicted molar refractivity (Wildman–Crippen MR) is 109 cm³/mol. The molecule has 1 aromatic heterocycles. The number of hydrogen-bond acceptors (Lipinski definition) is 4. The van der Waals surface area contributed by atoms with Gasteiger partial charge in [0.1, 0.15) is 6.26 Å². The monoisotopic (exact) mass is 363 g/mol. The largest absolute Gasteiger partial charge is 0.445 e. The second-order valence-corrected chi connectivity index (χ2v) is 6.82. The molecule has 0 radical (unpaired) electrons. The molecule has 27 heavy (non-hydrogen) atoms. The van der Waals surface area contributed by atoms with Crippen LogP contribution >= 0.6 is 0 Å². The van der Waals surface area contributed by atoms with Gasteiger partial charge in [-0.1, -0.05) is 25.1 Å². The Balaban J connectivity index is 1.81. The van der Waals surface area contributed by atoms with Gasteiger partial charge in [0.15, 0.2) is 0 Å². The second-order valence-electron chi connectivity index (χ2n) is 6.82. The number of nitrogens with zero attached hydrogens (tertiary/aromatic N) is 2. The highest BCUT2D eigenvalue weighted by Gasteiger charge is 2.18.